The van der Waals surface area contributed by atoms with Crippen molar-refractivity contribution in [2.24, 2.45) is 5.41 Å². The molecule has 4 nitrogen and oxygen atoms in total. The molecule has 0 aromatic carbocycles. The summed E-state index contributed by atoms with van der Waals surface area (Å²) in [5, 5.41) is 5.99. The molecule has 0 bridgehead atoms. The number of carbonyl (C=O) groups excluding carboxylic acids is 1. The van der Waals surface area contributed by atoms with Crippen molar-refractivity contribution in [3.8, 4) is 0 Å². The fraction of sp³-hybridized carbons (Fsp3) is 0.923. The first-order valence-electron chi connectivity index (χ1n) is 6.70. The summed E-state index contributed by atoms with van der Waals surface area (Å²) in [5.41, 5.74) is 0.138. The van der Waals surface area contributed by atoms with Crippen LogP contribution in [-0.4, -0.2) is 38.3 Å². The van der Waals surface area contributed by atoms with Crippen LogP contribution in [-0.2, 0) is 9.53 Å². The van der Waals surface area contributed by atoms with E-state index in [1.807, 2.05) is 6.92 Å². The van der Waals surface area contributed by atoms with Gasteiger partial charge in [-0.25, -0.2) is 0 Å². The van der Waals surface area contributed by atoms with Gasteiger partial charge in [-0.1, -0.05) is 13.8 Å². The lowest BCUT2D eigenvalue weighted by Crippen LogP contribution is -2.65. The highest BCUT2D eigenvalue weighted by molar-refractivity contribution is 5.85. The Hall–Kier alpha value is -0.320. The molecule has 1 fully saturated rings. The van der Waals surface area contributed by atoms with E-state index in [-0.39, 0.29) is 29.8 Å². The van der Waals surface area contributed by atoms with Crippen molar-refractivity contribution in [2.45, 2.75) is 52.2 Å². The van der Waals surface area contributed by atoms with E-state index in [9.17, 15) is 4.79 Å². The normalized spacial score (nSPS) is 24.9. The molecule has 0 heterocycles. The third-order valence-electron chi connectivity index (χ3n) is 4.14. The third-order valence-corrected chi connectivity index (χ3v) is 4.14. The number of hydrogen-bond acceptors (Lipinski definition) is 3. The van der Waals surface area contributed by atoms with Crippen molar-refractivity contribution in [1.29, 1.82) is 0 Å². The lowest BCUT2D eigenvalue weighted by Gasteiger charge is -2.55. The van der Waals surface area contributed by atoms with Crippen LogP contribution in [0.25, 0.3) is 0 Å². The first-order chi connectivity index (χ1) is 8.14. The first kappa shape index (κ1) is 17.7. The van der Waals surface area contributed by atoms with E-state index in [0.717, 1.165) is 25.9 Å². The van der Waals surface area contributed by atoms with Crippen molar-refractivity contribution < 1.29 is 9.53 Å². The van der Waals surface area contributed by atoms with Gasteiger partial charge in [-0.2, -0.15) is 0 Å². The van der Waals surface area contributed by atoms with Crippen molar-refractivity contribution in [2.75, 3.05) is 20.2 Å². The number of ether oxygens (including phenoxy) is 1. The summed E-state index contributed by atoms with van der Waals surface area (Å²) in [6, 6.07) is 0.273. The summed E-state index contributed by atoms with van der Waals surface area (Å²) in [6.45, 7) is 7.55. The second-order valence-electron chi connectivity index (χ2n) is 4.77. The number of carbonyl (C=O) groups is 1. The first-order valence-corrected chi connectivity index (χ1v) is 6.70. The summed E-state index contributed by atoms with van der Waals surface area (Å²) in [4.78, 5) is 11.6. The molecular weight excluding hydrogens is 252 g/mol. The van der Waals surface area contributed by atoms with Gasteiger partial charge in [0.05, 0.1) is 12.6 Å². The maximum atomic E-state index is 11.6. The third kappa shape index (κ3) is 3.37. The van der Waals surface area contributed by atoms with Gasteiger partial charge in [0, 0.05) is 18.1 Å². The lowest BCUT2D eigenvalue weighted by atomic mass is 9.58. The van der Waals surface area contributed by atoms with E-state index in [0.29, 0.717) is 12.6 Å². The second kappa shape index (κ2) is 7.97. The molecule has 2 N–H and O–H groups in total. The number of halogens is 1. The predicted octanol–water partition coefficient (Wildman–Crippen LogP) is 1.73. The van der Waals surface area contributed by atoms with Crippen LogP contribution in [0.2, 0.25) is 0 Å². The zero-order valence-corrected chi connectivity index (χ0v) is 12.7. The minimum Gasteiger partial charge on any atom is -0.378 e. The molecule has 2 atom stereocenters. The maximum absolute atomic E-state index is 11.6. The summed E-state index contributed by atoms with van der Waals surface area (Å²) in [5.74, 6) is 0.0822. The molecule has 1 amide bonds. The van der Waals surface area contributed by atoms with Gasteiger partial charge in [0.25, 0.3) is 0 Å². The molecule has 0 aliphatic heterocycles. The van der Waals surface area contributed by atoms with Crippen LogP contribution in [0.4, 0.5) is 0 Å². The zero-order chi connectivity index (χ0) is 12.9. The molecule has 18 heavy (non-hydrogen) atoms. The van der Waals surface area contributed by atoms with E-state index in [2.05, 4.69) is 24.5 Å². The SMILES string of the molecule is CCOC1CC(NC(=O)CNC)C1(CC)CC.Cl. The summed E-state index contributed by atoms with van der Waals surface area (Å²) in [6.07, 6.45) is 3.37. The number of hydrogen-bond donors (Lipinski definition) is 2. The average molecular weight is 279 g/mol. The van der Waals surface area contributed by atoms with Crippen LogP contribution in [0.5, 0.6) is 0 Å². The summed E-state index contributed by atoms with van der Waals surface area (Å²) < 4.78 is 5.78. The molecule has 0 aromatic heterocycles. The van der Waals surface area contributed by atoms with Gasteiger partial charge in [0.15, 0.2) is 0 Å². The quantitative estimate of drug-likeness (QED) is 0.746. The fourth-order valence-corrected chi connectivity index (χ4v) is 2.99. The van der Waals surface area contributed by atoms with E-state index in [1.54, 1.807) is 7.05 Å². The van der Waals surface area contributed by atoms with Crippen molar-refractivity contribution in [1.82, 2.24) is 10.6 Å². The molecule has 0 saturated heterocycles. The Morgan fingerprint density at radius 1 is 1.33 bits per heavy atom. The minimum absolute atomic E-state index is 0. The monoisotopic (exact) mass is 278 g/mol. The second-order valence-corrected chi connectivity index (χ2v) is 4.77. The van der Waals surface area contributed by atoms with Gasteiger partial charge in [-0.3, -0.25) is 4.79 Å². The molecule has 1 rings (SSSR count). The van der Waals surface area contributed by atoms with Crippen LogP contribution in [0.3, 0.4) is 0 Å². The zero-order valence-electron chi connectivity index (χ0n) is 11.9. The molecule has 1 aliphatic rings. The Kier molecular flexibility index (Phi) is 7.83. The van der Waals surface area contributed by atoms with Crippen molar-refractivity contribution >= 4 is 18.3 Å². The van der Waals surface area contributed by atoms with E-state index in [1.165, 1.54) is 0 Å². The molecule has 108 valence electrons. The maximum Gasteiger partial charge on any atom is 0.234 e. The number of nitrogens with one attached hydrogen (secondary N) is 2. The average Bonchev–Trinajstić information content (AvgIpc) is 2.30. The lowest BCUT2D eigenvalue weighted by molar-refractivity contribution is -0.148. The van der Waals surface area contributed by atoms with Crippen molar-refractivity contribution in [3.05, 3.63) is 0 Å². The number of likely N-dealkylation sites (N-methyl/N-ethyl adjacent to an activating group) is 1. The number of amides is 1. The van der Waals surface area contributed by atoms with Crippen LogP contribution in [0, 0.1) is 5.41 Å². The number of rotatable bonds is 7. The Labute approximate surface area is 117 Å². The summed E-state index contributed by atoms with van der Waals surface area (Å²) in [7, 11) is 1.79. The molecule has 0 aromatic rings. The fourth-order valence-electron chi connectivity index (χ4n) is 2.99. The van der Waals surface area contributed by atoms with Gasteiger partial charge in [-0.05, 0) is 33.2 Å². The van der Waals surface area contributed by atoms with Gasteiger partial charge in [0.1, 0.15) is 0 Å². The van der Waals surface area contributed by atoms with Crippen molar-refractivity contribution in [3.63, 3.8) is 0 Å². The Balaban J connectivity index is 0.00000289. The highest BCUT2D eigenvalue weighted by atomic mass is 35.5. The molecule has 2 unspecified atom stereocenters. The highest BCUT2D eigenvalue weighted by Crippen LogP contribution is 2.48. The van der Waals surface area contributed by atoms with Gasteiger partial charge < -0.3 is 15.4 Å². The van der Waals surface area contributed by atoms with Gasteiger partial charge in [-0.15, -0.1) is 12.4 Å². The smallest absolute Gasteiger partial charge is 0.234 e. The topological polar surface area (TPSA) is 50.4 Å². The minimum atomic E-state index is 0. The van der Waals surface area contributed by atoms with Crippen LogP contribution >= 0.6 is 12.4 Å². The van der Waals surface area contributed by atoms with Gasteiger partial charge in [0.2, 0.25) is 5.91 Å². The predicted molar refractivity (Wildman–Crippen MR) is 76.2 cm³/mol. The van der Waals surface area contributed by atoms with E-state index < -0.39 is 0 Å². The molecule has 1 saturated carbocycles. The molecule has 5 heteroatoms. The van der Waals surface area contributed by atoms with Gasteiger partial charge >= 0.3 is 0 Å². The molecule has 1 aliphatic carbocycles. The largest absolute Gasteiger partial charge is 0.378 e. The van der Waals surface area contributed by atoms with E-state index >= 15 is 0 Å². The van der Waals surface area contributed by atoms with Crippen LogP contribution < -0.4 is 10.6 Å². The Bertz CT molecular complexity index is 257. The molecular formula is C13H27ClN2O2. The Morgan fingerprint density at radius 3 is 2.39 bits per heavy atom. The Morgan fingerprint density at radius 2 is 1.94 bits per heavy atom. The summed E-state index contributed by atoms with van der Waals surface area (Å²) >= 11 is 0. The van der Waals surface area contributed by atoms with Crippen LogP contribution in [0.1, 0.15) is 40.0 Å². The van der Waals surface area contributed by atoms with E-state index in [4.69, 9.17) is 4.74 Å². The highest BCUT2D eigenvalue weighted by Gasteiger charge is 2.53. The molecule has 0 spiro atoms. The molecule has 0 radical (unpaired) electrons. The standard InChI is InChI=1S/C13H26N2O2.ClH/c1-5-13(6-2)10(8-11(13)17-7-3)15-12(16)9-14-4;/h10-11,14H,5-9H2,1-4H3,(H,15,16);1H. The van der Waals surface area contributed by atoms with Crippen LogP contribution in [0.15, 0.2) is 0 Å².